The van der Waals surface area contributed by atoms with Gasteiger partial charge in [0.15, 0.2) is 6.61 Å². The van der Waals surface area contributed by atoms with Crippen molar-refractivity contribution in [2.75, 3.05) is 6.61 Å². The Morgan fingerprint density at radius 1 is 1.64 bits per heavy atom. The molecule has 1 aromatic carbocycles. The normalized spacial score (nSPS) is 9.14. The van der Waals surface area contributed by atoms with Crippen LogP contribution in [-0.2, 0) is 0 Å². The summed E-state index contributed by atoms with van der Waals surface area (Å²) in [6.45, 7) is -0.0869. The van der Waals surface area contributed by atoms with E-state index in [1.165, 1.54) is 18.2 Å². The molecule has 1 aromatic rings. The zero-order valence-electron chi connectivity index (χ0n) is 6.94. The van der Waals surface area contributed by atoms with E-state index in [2.05, 4.69) is 15.9 Å². The Hall–Kier alpha value is -1.61. The van der Waals surface area contributed by atoms with Gasteiger partial charge in [0.05, 0.1) is 9.40 Å². The van der Waals surface area contributed by atoms with E-state index in [1.54, 1.807) is 6.07 Å². The minimum Gasteiger partial charge on any atom is -0.478 e. The highest BCUT2D eigenvalue weighted by molar-refractivity contribution is 9.10. The van der Waals surface area contributed by atoms with E-state index in [1.807, 2.05) is 0 Å². The van der Waals surface area contributed by atoms with Gasteiger partial charge in [0, 0.05) is 12.1 Å². The summed E-state index contributed by atoms with van der Waals surface area (Å²) < 4.78 is 5.45. The van der Waals surface area contributed by atoms with Crippen LogP contribution in [0.2, 0.25) is 0 Å². The molecule has 0 heterocycles. The van der Waals surface area contributed by atoms with Crippen molar-refractivity contribution in [3.8, 4) is 11.8 Å². The Bertz CT molecular complexity index is 400. The van der Waals surface area contributed by atoms with Gasteiger partial charge in [-0.25, -0.2) is 0 Å². The van der Waals surface area contributed by atoms with Crippen LogP contribution in [0.4, 0.5) is 5.69 Å². The van der Waals surface area contributed by atoms with Crippen molar-refractivity contribution in [3.05, 3.63) is 32.8 Å². The average Bonchev–Trinajstić information content (AvgIpc) is 2.15. The molecule has 0 saturated carbocycles. The van der Waals surface area contributed by atoms with Crippen LogP contribution < -0.4 is 4.74 Å². The number of nitriles is 1. The monoisotopic (exact) mass is 256 g/mol. The third-order valence-corrected chi connectivity index (χ3v) is 2.04. The highest BCUT2D eigenvalue weighted by Gasteiger charge is 2.09. The first-order valence-corrected chi connectivity index (χ1v) is 4.38. The molecule has 0 spiro atoms. The van der Waals surface area contributed by atoms with Crippen LogP contribution in [-0.4, -0.2) is 11.5 Å². The second-order valence-electron chi connectivity index (χ2n) is 2.32. The maximum atomic E-state index is 10.4. The second kappa shape index (κ2) is 4.58. The van der Waals surface area contributed by atoms with Crippen molar-refractivity contribution in [2.45, 2.75) is 0 Å². The Labute approximate surface area is 88.2 Å². The number of hydrogen-bond donors (Lipinski definition) is 0. The van der Waals surface area contributed by atoms with E-state index >= 15 is 0 Å². The minimum atomic E-state index is -0.501. The number of benzene rings is 1. The lowest BCUT2D eigenvalue weighted by Crippen LogP contribution is -1.95. The van der Waals surface area contributed by atoms with Gasteiger partial charge in [-0.05, 0) is 22.0 Å². The van der Waals surface area contributed by atoms with Crippen LogP contribution in [0.25, 0.3) is 0 Å². The molecule has 1 rings (SSSR count). The molecular weight excluding hydrogens is 252 g/mol. The first kappa shape index (κ1) is 10.5. The maximum absolute atomic E-state index is 10.4. The first-order valence-electron chi connectivity index (χ1n) is 3.59. The summed E-state index contributed by atoms with van der Waals surface area (Å²) in [5, 5.41) is 18.6. The average molecular weight is 257 g/mol. The minimum absolute atomic E-state index is 0.0267. The lowest BCUT2D eigenvalue weighted by molar-refractivity contribution is -0.384. The van der Waals surface area contributed by atoms with E-state index in [0.717, 1.165) is 0 Å². The molecule has 0 saturated heterocycles. The van der Waals surface area contributed by atoms with Crippen LogP contribution in [0.1, 0.15) is 0 Å². The number of nitrogens with zero attached hydrogens (tertiary/aromatic N) is 2. The molecule has 0 fully saturated rings. The number of hydrogen-bond acceptors (Lipinski definition) is 4. The molecule has 0 aliphatic carbocycles. The summed E-state index contributed by atoms with van der Waals surface area (Å²) in [4.78, 5) is 9.87. The Morgan fingerprint density at radius 2 is 2.36 bits per heavy atom. The topological polar surface area (TPSA) is 76.2 Å². The van der Waals surface area contributed by atoms with Crippen molar-refractivity contribution in [1.82, 2.24) is 0 Å². The predicted octanol–water partition coefficient (Wildman–Crippen LogP) is 2.26. The third kappa shape index (κ3) is 2.44. The summed E-state index contributed by atoms with van der Waals surface area (Å²) in [6.07, 6.45) is 0. The zero-order chi connectivity index (χ0) is 10.6. The van der Waals surface area contributed by atoms with Crippen LogP contribution >= 0.6 is 15.9 Å². The molecular formula is C8H5BrN2O3. The van der Waals surface area contributed by atoms with E-state index in [-0.39, 0.29) is 12.3 Å². The van der Waals surface area contributed by atoms with E-state index in [4.69, 9.17) is 10.00 Å². The van der Waals surface area contributed by atoms with Gasteiger partial charge < -0.3 is 4.74 Å². The Morgan fingerprint density at radius 3 is 2.86 bits per heavy atom. The lowest BCUT2D eigenvalue weighted by atomic mass is 10.3. The fourth-order valence-corrected chi connectivity index (χ4v) is 1.31. The number of non-ortho nitro benzene ring substituents is 1. The molecule has 5 nitrogen and oxygen atoms in total. The molecule has 0 N–H and O–H groups in total. The molecule has 0 aromatic heterocycles. The van der Waals surface area contributed by atoms with E-state index in [0.29, 0.717) is 10.2 Å². The van der Waals surface area contributed by atoms with Gasteiger partial charge in [-0.1, -0.05) is 0 Å². The first-order chi connectivity index (χ1) is 6.65. The standard InChI is InChI=1S/C8H5BrN2O3/c9-7-5-6(11(12)13)1-2-8(7)14-4-3-10/h1-2,5H,4H2. The van der Waals surface area contributed by atoms with Gasteiger partial charge in [0.2, 0.25) is 0 Å². The highest BCUT2D eigenvalue weighted by atomic mass is 79.9. The van der Waals surface area contributed by atoms with Gasteiger partial charge in [-0.15, -0.1) is 0 Å². The fraction of sp³-hybridized carbons (Fsp3) is 0.125. The van der Waals surface area contributed by atoms with Crippen molar-refractivity contribution in [1.29, 1.82) is 5.26 Å². The zero-order valence-corrected chi connectivity index (χ0v) is 8.52. The maximum Gasteiger partial charge on any atom is 0.270 e. The Balaban J connectivity index is 2.91. The molecule has 0 aliphatic heterocycles. The van der Waals surface area contributed by atoms with E-state index < -0.39 is 4.92 Å². The quantitative estimate of drug-likeness (QED) is 0.614. The summed E-state index contributed by atoms with van der Waals surface area (Å²) in [6, 6.07) is 5.89. The summed E-state index contributed by atoms with van der Waals surface area (Å²) in [5.41, 5.74) is -0.0267. The lowest BCUT2D eigenvalue weighted by Gasteiger charge is -2.03. The van der Waals surface area contributed by atoms with Crippen LogP contribution in [0.3, 0.4) is 0 Å². The fourth-order valence-electron chi connectivity index (χ4n) is 0.830. The summed E-state index contributed by atoms with van der Waals surface area (Å²) in [5.74, 6) is 0.414. The largest absolute Gasteiger partial charge is 0.478 e. The number of rotatable bonds is 3. The van der Waals surface area contributed by atoms with Gasteiger partial charge in [-0.2, -0.15) is 5.26 Å². The molecule has 0 aliphatic rings. The van der Waals surface area contributed by atoms with Gasteiger partial charge in [-0.3, -0.25) is 10.1 Å². The summed E-state index contributed by atoms with van der Waals surface area (Å²) in [7, 11) is 0. The second-order valence-corrected chi connectivity index (χ2v) is 3.17. The SMILES string of the molecule is N#CCOc1ccc([N+](=O)[O-])cc1Br. The van der Waals surface area contributed by atoms with Gasteiger partial charge in [0.1, 0.15) is 11.8 Å². The van der Waals surface area contributed by atoms with Gasteiger partial charge >= 0.3 is 0 Å². The molecule has 0 radical (unpaired) electrons. The molecule has 0 amide bonds. The number of nitro groups is 1. The van der Waals surface area contributed by atoms with Crippen molar-refractivity contribution in [3.63, 3.8) is 0 Å². The van der Waals surface area contributed by atoms with Crippen molar-refractivity contribution < 1.29 is 9.66 Å². The molecule has 0 atom stereocenters. The third-order valence-electron chi connectivity index (χ3n) is 1.42. The molecule has 6 heteroatoms. The molecule has 72 valence electrons. The number of halogens is 1. The van der Waals surface area contributed by atoms with Crippen LogP contribution in [0.15, 0.2) is 22.7 Å². The Kier molecular flexibility index (Phi) is 3.42. The van der Waals surface area contributed by atoms with Crippen LogP contribution in [0.5, 0.6) is 5.75 Å². The van der Waals surface area contributed by atoms with Crippen LogP contribution in [0, 0.1) is 21.4 Å². The smallest absolute Gasteiger partial charge is 0.270 e. The highest BCUT2D eigenvalue weighted by Crippen LogP contribution is 2.28. The van der Waals surface area contributed by atoms with E-state index in [9.17, 15) is 10.1 Å². The molecule has 0 unspecified atom stereocenters. The summed E-state index contributed by atoms with van der Waals surface area (Å²) >= 11 is 3.11. The van der Waals surface area contributed by atoms with Gasteiger partial charge in [0.25, 0.3) is 5.69 Å². The number of nitro benzene ring substituents is 1. The molecule has 14 heavy (non-hydrogen) atoms. The van der Waals surface area contributed by atoms with Crippen molar-refractivity contribution in [2.24, 2.45) is 0 Å². The predicted molar refractivity (Wildman–Crippen MR) is 51.9 cm³/mol. The van der Waals surface area contributed by atoms with Crippen molar-refractivity contribution >= 4 is 21.6 Å². The number of ether oxygens (including phenoxy) is 1. The molecule has 0 bridgehead atoms.